The predicted octanol–water partition coefficient (Wildman–Crippen LogP) is 1.89. The molecular formula is C15H24N6. The smallest absolute Gasteiger partial charge is 0.124 e. The van der Waals surface area contributed by atoms with E-state index < -0.39 is 0 Å². The van der Waals surface area contributed by atoms with Crippen LogP contribution >= 0.6 is 0 Å². The van der Waals surface area contributed by atoms with Crippen LogP contribution in [0.3, 0.4) is 0 Å². The van der Waals surface area contributed by atoms with Gasteiger partial charge in [0.2, 0.25) is 0 Å². The molecule has 21 heavy (non-hydrogen) atoms. The molecule has 0 spiro atoms. The van der Waals surface area contributed by atoms with Crippen molar-refractivity contribution in [2.75, 3.05) is 25.0 Å². The second-order valence-corrected chi connectivity index (χ2v) is 5.68. The first-order valence-corrected chi connectivity index (χ1v) is 7.73. The number of hydrogen-bond acceptors (Lipinski definition) is 4. The summed E-state index contributed by atoms with van der Waals surface area (Å²) in [6.07, 6.45) is 7.96. The second-order valence-electron chi connectivity index (χ2n) is 5.68. The number of imidazole rings is 1. The van der Waals surface area contributed by atoms with E-state index in [1.54, 1.807) is 0 Å². The van der Waals surface area contributed by atoms with Crippen molar-refractivity contribution >= 4 is 5.82 Å². The number of piperidine rings is 1. The van der Waals surface area contributed by atoms with Gasteiger partial charge >= 0.3 is 0 Å². The van der Waals surface area contributed by atoms with Crippen LogP contribution in [-0.2, 0) is 13.6 Å². The Morgan fingerprint density at radius 1 is 1.33 bits per heavy atom. The third-order valence-corrected chi connectivity index (χ3v) is 4.39. The quantitative estimate of drug-likeness (QED) is 0.913. The SMILES string of the molecule is CCN1CCC(n2nccc2NCc2cncn2C)CC1. The molecule has 0 saturated carbocycles. The van der Waals surface area contributed by atoms with E-state index >= 15 is 0 Å². The molecule has 0 unspecified atom stereocenters. The minimum Gasteiger partial charge on any atom is -0.365 e. The minimum atomic E-state index is 0.511. The first-order chi connectivity index (χ1) is 10.3. The number of aromatic nitrogens is 4. The molecule has 1 aliphatic heterocycles. The fraction of sp³-hybridized carbons (Fsp3) is 0.600. The molecule has 1 N–H and O–H groups in total. The van der Waals surface area contributed by atoms with Crippen molar-refractivity contribution in [3.05, 3.63) is 30.5 Å². The Kier molecular flexibility index (Phi) is 4.24. The van der Waals surface area contributed by atoms with E-state index in [1.165, 1.54) is 31.6 Å². The van der Waals surface area contributed by atoms with E-state index in [1.807, 2.05) is 30.3 Å². The number of nitrogens with one attached hydrogen (secondary N) is 1. The van der Waals surface area contributed by atoms with Gasteiger partial charge in [-0.2, -0.15) is 5.10 Å². The molecule has 114 valence electrons. The van der Waals surface area contributed by atoms with Crippen LogP contribution in [0.4, 0.5) is 5.82 Å². The molecule has 3 rings (SSSR count). The normalized spacial score (nSPS) is 17.2. The average molecular weight is 288 g/mol. The molecule has 1 aliphatic rings. The molecule has 6 heteroatoms. The van der Waals surface area contributed by atoms with E-state index in [9.17, 15) is 0 Å². The van der Waals surface area contributed by atoms with Crippen LogP contribution < -0.4 is 5.32 Å². The molecule has 2 aromatic heterocycles. The first-order valence-electron chi connectivity index (χ1n) is 7.73. The molecule has 0 bridgehead atoms. The summed E-state index contributed by atoms with van der Waals surface area (Å²) in [5.74, 6) is 1.10. The van der Waals surface area contributed by atoms with E-state index in [0.717, 1.165) is 18.9 Å². The Morgan fingerprint density at radius 2 is 2.14 bits per heavy atom. The highest BCUT2D eigenvalue weighted by molar-refractivity contribution is 5.35. The molecule has 1 fully saturated rings. The zero-order valence-electron chi connectivity index (χ0n) is 12.9. The molecule has 0 radical (unpaired) electrons. The fourth-order valence-corrected chi connectivity index (χ4v) is 2.96. The van der Waals surface area contributed by atoms with Crippen molar-refractivity contribution in [1.82, 2.24) is 24.2 Å². The highest BCUT2D eigenvalue weighted by atomic mass is 15.3. The minimum absolute atomic E-state index is 0.511. The van der Waals surface area contributed by atoms with E-state index in [4.69, 9.17) is 0 Å². The molecular weight excluding hydrogens is 264 g/mol. The topological polar surface area (TPSA) is 50.9 Å². The van der Waals surface area contributed by atoms with Crippen molar-refractivity contribution < 1.29 is 0 Å². The number of hydrogen-bond donors (Lipinski definition) is 1. The maximum absolute atomic E-state index is 4.53. The second kappa shape index (κ2) is 6.30. The van der Waals surface area contributed by atoms with Gasteiger partial charge < -0.3 is 14.8 Å². The Bertz CT molecular complexity index is 564. The van der Waals surface area contributed by atoms with E-state index in [-0.39, 0.29) is 0 Å². The molecule has 0 amide bonds. The van der Waals surface area contributed by atoms with Gasteiger partial charge in [0.15, 0.2) is 0 Å². The van der Waals surface area contributed by atoms with Crippen molar-refractivity contribution in [2.24, 2.45) is 7.05 Å². The summed E-state index contributed by atoms with van der Waals surface area (Å²) in [5, 5.41) is 8.01. The van der Waals surface area contributed by atoms with Crippen LogP contribution in [0.1, 0.15) is 31.5 Å². The van der Waals surface area contributed by atoms with Crippen molar-refractivity contribution in [3.8, 4) is 0 Å². The van der Waals surface area contributed by atoms with Gasteiger partial charge in [-0.15, -0.1) is 0 Å². The van der Waals surface area contributed by atoms with Crippen molar-refractivity contribution in [2.45, 2.75) is 32.4 Å². The molecule has 0 atom stereocenters. The molecule has 1 saturated heterocycles. The molecule has 6 nitrogen and oxygen atoms in total. The number of likely N-dealkylation sites (tertiary alicyclic amines) is 1. The van der Waals surface area contributed by atoms with Crippen LogP contribution in [0.5, 0.6) is 0 Å². The van der Waals surface area contributed by atoms with Crippen LogP contribution in [0.15, 0.2) is 24.8 Å². The van der Waals surface area contributed by atoms with Gasteiger partial charge in [0.1, 0.15) is 5.82 Å². The lowest BCUT2D eigenvalue weighted by molar-refractivity contribution is 0.188. The summed E-state index contributed by atoms with van der Waals surface area (Å²) < 4.78 is 4.19. The monoisotopic (exact) mass is 288 g/mol. The van der Waals surface area contributed by atoms with Crippen molar-refractivity contribution in [3.63, 3.8) is 0 Å². The van der Waals surface area contributed by atoms with Crippen LogP contribution in [0.25, 0.3) is 0 Å². The third-order valence-electron chi connectivity index (χ3n) is 4.39. The zero-order chi connectivity index (χ0) is 14.7. The summed E-state index contributed by atoms with van der Waals surface area (Å²) in [6, 6.07) is 2.57. The number of nitrogens with zero attached hydrogens (tertiary/aromatic N) is 5. The average Bonchev–Trinajstić information content (AvgIpc) is 3.14. The largest absolute Gasteiger partial charge is 0.365 e. The predicted molar refractivity (Wildman–Crippen MR) is 83.1 cm³/mol. The zero-order valence-corrected chi connectivity index (χ0v) is 12.9. The highest BCUT2D eigenvalue weighted by Crippen LogP contribution is 2.25. The summed E-state index contributed by atoms with van der Waals surface area (Å²) >= 11 is 0. The Hall–Kier alpha value is -1.82. The van der Waals surface area contributed by atoms with E-state index in [0.29, 0.717) is 6.04 Å². The van der Waals surface area contributed by atoms with Gasteiger partial charge in [0, 0.05) is 32.4 Å². The lowest BCUT2D eigenvalue weighted by Crippen LogP contribution is -2.34. The van der Waals surface area contributed by atoms with E-state index in [2.05, 4.69) is 38.0 Å². The summed E-state index contributed by atoms with van der Waals surface area (Å²) in [5.41, 5.74) is 1.17. The molecule has 0 aromatic carbocycles. The molecule has 3 heterocycles. The van der Waals surface area contributed by atoms with Gasteiger partial charge in [0.05, 0.1) is 30.8 Å². The molecule has 2 aromatic rings. The van der Waals surface area contributed by atoms with Gasteiger partial charge in [0.25, 0.3) is 0 Å². The standard InChI is InChI=1S/C15H24N6/c1-3-20-8-5-13(6-9-20)21-15(4-7-18-21)17-11-14-10-16-12-19(14)2/h4,7,10,12-13,17H,3,5-6,8-9,11H2,1-2H3. The lowest BCUT2D eigenvalue weighted by atomic mass is 10.1. The Labute approximate surface area is 125 Å². The number of aryl methyl sites for hydroxylation is 1. The highest BCUT2D eigenvalue weighted by Gasteiger charge is 2.21. The van der Waals surface area contributed by atoms with Crippen LogP contribution in [0.2, 0.25) is 0 Å². The number of anilines is 1. The van der Waals surface area contributed by atoms with Gasteiger partial charge in [-0.05, 0) is 19.4 Å². The Balaban J connectivity index is 1.63. The van der Waals surface area contributed by atoms with Crippen LogP contribution in [0, 0.1) is 0 Å². The van der Waals surface area contributed by atoms with Gasteiger partial charge in [-0.1, -0.05) is 6.92 Å². The first kappa shape index (κ1) is 14.1. The summed E-state index contributed by atoms with van der Waals surface area (Å²) in [4.78, 5) is 6.65. The van der Waals surface area contributed by atoms with Crippen molar-refractivity contribution in [1.29, 1.82) is 0 Å². The van der Waals surface area contributed by atoms with Gasteiger partial charge in [-0.3, -0.25) is 0 Å². The van der Waals surface area contributed by atoms with Gasteiger partial charge in [-0.25, -0.2) is 9.67 Å². The summed E-state index contributed by atoms with van der Waals surface area (Å²) in [6.45, 7) is 6.49. The maximum atomic E-state index is 4.53. The fourth-order valence-electron chi connectivity index (χ4n) is 2.96. The summed E-state index contributed by atoms with van der Waals surface area (Å²) in [7, 11) is 2.02. The maximum Gasteiger partial charge on any atom is 0.124 e. The van der Waals surface area contributed by atoms with Crippen LogP contribution in [-0.4, -0.2) is 43.9 Å². The number of rotatable bonds is 5. The lowest BCUT2D eigenvalue weighted by Gasteiger charge is -2.31. The Morgan fingerprint density at radius 3 is 2.81 bits per heavy atom. The molecule has 0 aliphatic carbocycles. The third kappa shape index (κ3) is 3.10.